The Morgan fingerprint density at radius 2 is 2.09 bits per heavy atom. The van der Waals surface area contributed by atoms with Crippen molar-refractivity contribution < 1.29 is 4.79 Å². The summed E-state index contributed by atoms with van der Waals surface area (Å²) >= 11 is 1.54. The molecule has 0 spiro atoms. The van der Waals surface area contributed by atoms with Crippen LogP contribution in [-0.4, -0.2) is 35.4 Å². The molecule has 4 nitrogen and oxygen atoms in total. The maximum atomic E-state index is 12.6. The fourth-order valence-electron chi connectivity index (χ4n) is 2.84. The van der Waals surface area contributed by atoms with Gasteiger partial charge in [0, 0.05) is 24.0 Å². The lowest BCUT2D eigenvalue weighted by molar-refractivity contribution is 0.0688. The zero-order valence-electron chi connectivity index (χ0n) is 12.8. The van der Waals surface area contributed by atoms with Gasteiger partial charge in [0.1, 0.15) is 10.7 Å². The van der Waals surface area contributed by atoms with E-state index in [1.807, 2.05) is 22.4 Å². The molecule has 0 bridgehead atoms. The lowest BCUT2D eigenvalue weighted by atomic mass is 9.97. The third-order valence-corrected chi connectivity index (χ3v) is 5.21. The van der Waals surface area contributed by atoms with Crippen LogP contribution in [0.3, 0.4) is 0 Å². The molecule has 2 heterocycles. The molecule has 0 radical (unpaired) electrons. The van der Waals surface area contributed by atoms with Crippen molar-refractivity contribution in [2.75, 3.05) is 19.6 Å². The van der Waals surface area contributed by atoms with Crippen LogP contribution in [0.25, 0.3) is 10.6 Å². The molecule has 0 saturated carbocycles. The summed E-state index contributed by atoms with van der Waals surface area (Å²) in [5.74, 6) is 0.605. The van der Waals surface area contributed by atoms with E-state index in [0.717, 1.165) is 43.0 Å². The summed E-state index contributed by atoms with van der Waals surface area (Å²) in [6, 6.07) is 8.13. The Labute approximate surface area is 135 Å². The summed E-state index contributed by atoms with van der Waals surface area (Å²) in [6.07, 6.45) is 1.99. The van der Waals surface area contributed by atoms with Crippen molar-refractivity contribution in [3.8, 4) is 10.6 Å². The van der Waals surface area contributed by atoms with Gasteiger partial charge in [0.25, 0.3) is 5.91 Å². The standard InChI is InChI=1S/C17H21N3OS/c1-12-4-2-3-5-14(12)16-19-15(11-22-16)17(21)20-8-6-13(10-18)7-9-20/h2-5,11,13H,6-10,18H2,1H3. The summed E-state index contributed by atoms with van der Waals surface area (Å²) in [5, 5.41) is 2.79. The molecule has 22 heavy (non-hydrogen) atoms. The predicted octanol–water partition coefficient (Wildman–Crippen LogP) is 2.93. The number of nitrogens with two attached hydrogens (primary N) is 1. The summed E-state index contributed by atoms with van der Waals surface area (Å²) in [5.41, 5.74) is 8.55. The maximum absolute atomic E-state index is 12.6. The van der Waals surface area contributed by atoms with Gasteiger partial charge >= 0.3 is 0 Å². The first-order valence-corrected chi connectivity index (χ1v) is 8.58. The molecule has 3 rings (SSSR count). The Kier molecular flexibility index (Phi) is 4.55. The van der Waals surface area contributed by atoms with Crippen LogP contribution < -0.4 is 5.73 Å². The lowest BCUT2D eigenvalue weighted by Gasteiger charge is -2.30. The van der Waals surface area contributed by atoms with Crippen LogP contribution in [0, 0.1) is 12.8 Å². The second-order valence-corrected chi connectivity index (χ2v) is 6.68. The van der Waals surface area contributed by atoms with Gasteiger partial charge in [-0.1, -0.05) is 24.3 Å². The number of amides is 1. The third kappa shape index (κ3) is 3.05. The van der Waals surface area contributed by atoms with Gasteiger partial charge in [-0.15, -0.1) is 11.3 Å². The Balaban J connectivity index is 1.74. The summed E-state index contributed by atoms with van der Waals surface area (Å²) < 4.78 is 0. The minimum Gasteiger partial charge on any atom is -0.337 e. The first-order chi connectivity index (χ1) is 10.7. The molecule has 116 valence electrons. The quantitative estimate of drug-likeness (QED) is 0.947. The molecule has 1 saturated heterocycles. The van der Waals surface area contributed by atoms with Crippen LogP contribution in [0.2, 0.25) is 0 Å². The fourth-order valence-corrected chi connectivity index (χ4v) is 3.73. The highest BCUT2D eigenvalue weighted by atomic mass is 32.1. The molecule has 1 aliphatic rings. The first-order valence-electron chi connectivity index (χ1n) is 7.70. The fraction of sp³-hybridized carbons (Fsp3) is 0.412. The number of rotatable bonds is 3. The zero-order valence-corrected chi connectivity index (χ0v) is 13.6. The van der Waals surface area contributed by atoms with Gasteiger partial charge in [-0.25, -0.2) is 4.98 Å². The summed E-state index contributed by atoms with van der Waals surface area (Å²) in [7, 11) is 0. The predicted molar refractivity (Wildman–Crippen MR) is 90.0 cm³/mol. The number of benzene rings is 1. The number of carbonyl (C=O) groups is 1. The highest BCUT2D eigenvalue weighted by Gasteiger charge is 2.24. The molecule has 1 aliphatic heterocycles. The van der Waals surface area contributed by atoms with Gasteiger partial charge in [0.15, 0.2) is 0 Å². The van der Waals surface area contributed by atoms with Gasteiger partial charge in [0.2, 0.25) is 0 Å². The van der Waals surface area contributed by atoms with Crippen molar-refractivity contribution in [1.29, 1.82) is 0 Å². The average molecular weight is 315 g/mol. The molecule has 1 aromatic carbocycles. The van der Waals surface area contributed by atoms with E-state index in [1.165, 1.54) is 16.9 Å². The van der Waals surface area contributed by atoms with E-state index in [-0.39, 0.29) is 5.91 Å². The van der Waals surface area contributed by atoms with Gasteiger partial charge < -0.3 is 10.6 Å². The van der Waals surface area contributed by atoms with Crippen molar-refractivity contribution in [3.63, 3.8) is 0 Å². The van der Waals surface area contributed by atoms with Crippen LogP contribution in [0.1, 0.15) is 28.9 Å². The third-order valence-electron chi connectivity index (χ3n) is 4.33. The van der Waals surface area contributed by atoms with Gasteiger partial charge in [-0.3, -0.25) is 4.79 Å². The molecule has 2 aromatic rings. The minimum absolute atomic E-state index is 0.0477. The summed E-state index contributed by atoms with van der Waals surface area (Å²) in [6.45, 7) is 4.36. The van der Waals surface area contributed by atoms with Crippen molar-refractivity contribution in [2.24, 2.45) is 11.7 Å². The molecule has 5 heteroatoms. The monoisotopic (exact) mass is 315 g/mol. The van der Waals surface area contributed by atoms with E-state index < -0.39 is 0 Å². The van der Waals surface area contributed by atoms with Gasteiger partial charge in [-0.2, -0.15) is 0 Å². The first kappa shape index (κ1) is 15.2. The number of hydrogen-bond donors (Lipinski definition) is 1. The Morgan fingerprint density at radius 3 is 2.77 bits per heavy atom. The molecule has 2 N–H and O–H groups in total. The van der Waals surface area contributed by atoms with Crippen LogP contribution in [0.4, 0.5) is 0 Å². The van der Waals surface area contributed by atoms with Crippen molar-refractivity contribution in [1.82, 2.24) is 9.88 Å². The largest absolute Gasteiger partial charge is 0.337 e. The SMILES string of the molecule is Cc1ccccc1-c1nc(C(=O)N2CCC(CN)CC2)cs1. The number of aromatic nitrogens is 1. The molecule has 1 aromatic heterocycles. The van der Waals surface area contributed by atoms with Crippen LogP contribution in [-0.2, 0) is 0 Å². The number of aryl methyl sites for hydroxylation is 1. The molecule has 0 aliphatic carbocycles. The van der Waals surface area contributed by atoms with Gasteiger partial charge in [-0.05, 0) is 37.8 Å². The average Bonchev–Trinajstić information content (AvgIpc) is 3.04. The van der Waals surface area contributed by atoms with Crippen LogP contribution in [0.5, 0.6) is 0 Å². The number of piperidine rings is 1. The Bertz CT molecular complexity index is 659. The summed E-state index contributed by atoms with van der Waals surface area (Å²) in [4.78, 5) is 19.0. The van der Waals surface area contributed by atoms with E-state index >= 15 is 0 Å². The van der Waals surface area contributed by atoms with E-state index in [0.29, 0.717) is 11.6 Å². The van der Waals surface area contributed by atoms with E-state index in [2.05, 4.69) is 24.0 Å². The number of carbonyl (C=O) groups excluding carboxylic acids is 1. The maximum Gasteiger partial charge on any atom is 0.273 e. The Hall–Kier alpha value is -1.72. The Morgan fingerprint density at radius 1 is 1.36 bits per heavy atom. The van der Waals surface area contributed by atoms with Crippen molar-refractivity contribution in [2.45, 2.75) is 19.8 Å². The van der Waals surface area contributed by atoms with E-state index in [4.69, 9.17) is 5.73 Å². The molecule has 1 amide bonds. The molecule has 1 fully saturated rings. The molecular formula is C17H21N3OS. The van der Waals surface area contributed by atoms with Crippen LogP contribution in [0.15, 0.2) is 29.6 Å². The number of likely N-dealkylation sites (tertiary alicyclic amines) is 1. The minimum atomic E-state index is 0.0477. The highest BCUT2D eigenvalue weighted by Crippen LogP contribution is 2.27. The molecular weight excluding hydrogens is 294 g/mol. The molecule has 0 unspecified atom stereocenters. The topological polar surface area (TPSA) is 59.2 Å². The van der Waals surface area contributed by atoms with Crippen molar-refractivity contribution >= 4 is 17.2 Å². The zero-order chi connectivity index (χ0) is 15.5. The second kappa shape index (κ2) is 6.58. The van der Waals surface area contributed by atoms with E-state index in [1.54, 1.807) is 0 Å². The smallest absolute Gasteiger partial charge is 0.273 e. The van der Waals surface area contributed by atoms with Crippen molar-refractivity contribution in [3.05, 3.63) is 40.9 Å². The van der Waals surface area contributed by atoms with Gasteiger partial charge in [0.05, 0.1) is 0 Å². The normalized spacial score (nSPS) is 16.0. The molecule has 0 atom stereocenters. The number of thiazole rings is 1. The number of hydrogen-bond acceptors (Lipinski definition) is 4. The lowest BCUT2D eigenvalue weighted by Crippen LogP contribution is -2.40. The highest BCUT2D eigenvalue weighted by molar-refractivity contribution is 7.13. The van der Waals surface area contributed by atoms with E-state index in [9.17, 15) is 4.79 Å². The number of nitrogens with zero attached hydrogens (tertiary/aromatic N) is 2. The second-order valence-electron chi connectivity index (χ2n) is 5.82. The van der Waals surface area contributed by atoms with Crippen LogP contribution >= 0.6 is 11.3 Å².